The molecule has 2 aromatic rings. The molecule has 1 amide bonds. The van der Waals surface area contributed by atoms with Gasteiger partial charge < -0.3 is 9.64 Å². The molecule has 0 bridgehead atoms. The molecule has 0 saturated carbocycles. The van der Waals surface area contributed by atoms with Crippen LogP contribution in [0.3, 0.4) is 0 Å². The fourth-order valence-corrected chi connectivity index (χ4v) is 3.29. The van der Waals surface area contributed by atoms with Crippen molar-refractivity contribution in [2.75, 3.05) is 32.8 Å². The molecule has 7 nitrogen and oxygen atoms in total. The first-order chi connectivity index (χ1) is 13.4. The maximum absolute atomic E-state index is 12.4. The summed E-state index contributed by atoms with van der Waals surface area (Å²) in [6.45, 7) is 5.29. The predicted octanol–water partition coefficient (Wildman–Crippen LogP) is 3.28. The van der Waals surface area contributed by atoms with Crippen LogP contribution in [0, 0.1) is 17.0 Å². The van der Waals surface area contributed by atoms with Crippen molar-refractivity contribution in [2.24, 2.45) is 0 Å². The number of nitro benzene ring substituents is 1. The molecule has 0 aliphatic carbocycles. The number of hydrogen-bond donors (Lipinski definition) is 0. The average Bonchev–Trinajstić information content (AvgIpc) is 2.68. The van der Waals surface area contributed by atoms with Gasteiger partial charge in [-0.15, -0.1) is 0 Å². The molecule has 28 heavy (non-hydrogen) atoms. The SMILES string of the molecule is Cc1cc(OCC(=O)N2CCN(Cc3ccc(Cl)cc3)CC2)ccc1[N+](=O)[O-]. The summed E-state index contributed by atoms with van der Waals surface area (Å²) in [4.78, 5) is 26.9. The Morgan fingerprint density at radius 3 is 2.43 bits per heavy atom. The Labute approximate surface area is 168 Å². The number of rotatable bonds is 6. The number of halogens is 1. The number of carbonyl (C=O) groups excluding carboxylic acids is 1. The van der Waals surface area contributed by atoms with E-state index >= 15 is 0 Å². The Bertz CT molecular complexity index is 849. The molecule has 1 aliphatic rings. The number of carbonyl (C=O) groups is 1. The van der Waals surface area contributed by atoms with Crippen LogP contribution >= 0.6 is 11.6 Å². The molecule has 0 N–H and O–H groups in total. The van der Waals surface area contributed by atoms with Crippen molar-refractivity contribution in [3.63, 3.8) is 0 Å². The van der Waals surface area contributed by atoms with Crippen LogP contribution in [-0.4, -0.2) is 53.4 Å². The summed E-state index contributed by atoms with van der Waals surface area (Å²) in [5.74, 6) is 0.375. The topological polar surface area (TPSA) is 75.9 Å². The van der Waals surface area contributed by atoms with Gasteiger partial charge in [0.05, 0.1) is 4.92 Å². The second-order valence-electron chi connectivity index (χ2n) is 6.78. The molecule has 0 unspecified atom stereocenters. The van der Waals surface area contributed by atoms with E-state index in [-0.39, 0.29) is 18.2 Å². The second-order valence-corrected chi connectivity index (χ2v) is 7.21. The van der Waals surface area contributed by atoms with E-state index in [1.165, 1.54) is 17.7 Å². The minimum atomic E-state index is -0.437. The molecule has 8 heteroatoms. The highest BCUT2D eigenvalue weighted by Crippen LogP contribution is 2.23. The number of piperazine rings is 1. The number of aryl methyl sites for hydroxylation is 1. The van der Waals surface area contributed by atoms with E-state index < -0.39 is 4.92 Å². The lowest BCUT2D eigenvalue weighted by atomic mass is 10.2. The summed E-state index contributed by atoms with van der Waals surface area (Å²) in [5, 5.41) is 11.6. The zero-order chi connectivity index (χ0) is 20.1. The Morgan fingerprint density at radius 2 is 1.82 bits per heavy atom. The fourth-order valence-electron chi connectivity index (χ4n) is 3.16. The summed E-state index contributed by atoms with van der Waals surface area (Å²) in [5.41, 5.74) is 1.74. The summed E-state index contributed by atoms with van der Waals surface area (Å²) in [6.07, 6.45) is 0. The van der Waals surface area contributed by atoms with Gasteiger partial charge in [0.2, 0.25) is 0 Å². The molecule has 0 aromatic heterocycles. The van der Waals surface area contributed by atoms with Gasteiger partial charge in [-0.1, -0.05) is 23.7 Å². The van der Waals surface area contributed by atoms with E-state index in [0.717, 1.165) is 24.7 Å². The highest BCUT2D eigenvalue weighted by Gasteiger charge is 2.21. The standard InChI is InChI=1S/C20H22ClN3O4/c1-15-12-18(6-7-19(15)24(26)27)28-14-20(25)23-10-8-22(9-11-23)13-16-2-4-17(21)5-3-16/h2-7,12H,8-11,13-14H2,1H3. The Morgan fingerprint density at radius 1 is 1.14 bits per heavy atom. The van der Waals surface area contributed by atoms with Gasteiger partial charge >= 0.3 is 0 Å². The van der Waals surface area contributed by atoms with E-state index in [2.05, 4.69) is 4.90 Å². The molecular weight excluding hydrogens is 382 g/mol. The van der Waals surface area contributed by atoms with Crippen LogP contribution in [0.15, 0.2) is 42.5 Å². The molecule has 1 heterocycles. The first-order valence-electron chi connectivity index (χ1n) is 9.05. The smallest absolute Gasteiger partial charge is 0.272 e. The lowest BCUT2D eigenvalue weighted by molar-refractivity contribution is -0.385. The highest BCUT2D eigenvalue weighted by molar-refractivity contribution is 6.30. The maximum Gasteiger partial charge on any atom is 0.272 e. The zero-order valence-electron chi connectivity index (χ0n) is 15.6. The lowest BCUT2D eigenvalue weighted by Gasteiger charge is -2.34. The zero-order valence-corrected chi connectivity index (χ0v) is 16.4. The molecular formula is C20H22ClN3O4. The first kappa shape index (κ1) is 20.1. The van der Waals surface area contributed by atoms with Gasteiger partial charge in [-0.2, -0.15) is 0 Å². The van der Waals surface area contributed by atoms with Crippen molar-refractivity contribution in [3.05, 3.63) is 68.7 Å². The van der Waals surface area contributed by atoms with Gasteiger partial charge in [-0.05, 0) is 36.8 Å². The number of ether oxygens (including phenoxy) is 1. The van der Waals surface area contributed by atoms with Crippen molar-refractivity contribution in [1.29, 1.82) is 0 Å². The van der Waals surface area contributed by atoms with Crippen molar-refractivity contribution < 1.29 is 14.5 Å². The first-order valence-corrected chi connectivity index (χ1v) is 9.42. The van der Waals surface area contributed by atoms with E-state index in [9.17, 15) is 14.9 Å². The minimum Gasteiger partial charge on any atom is -0.484 e. The predicted molar refractivity (Wildman–Crippen MR) is 107 cm³/mol. The molecule has 148 valence electrons. The van der Waals surface area contributed by atoms with E-state index in [4.69, 9.17) is 16.3 Å². The Balaban J connectivity index is 1.45. The average molecular weight is 404 g/mol. The lowest BCUT2D eigenvalue weighted by Crippen LogP contribution is -2.49. The van der Waals surface area contributed by atoms with Crippen LogP contribution in [0.5, 0.6) is 5.75 Å². The molecule has 0 radical (unpaired) electrons. The number of hydrogen-bond acceptors (Lipinski definition) is 5. The molecule has 1 fully saturated rings. The van der Waals surface area contributed by atoms with Crippen LogP contribution in [0.25, 0.3) is 0 Å². The van der Waals surface area contributed by atoms with Gasteiger partial charge in [-0.25, -0.2) is 0 Å². The van der Waals surface area contributed by atoms with Crippen LogP contribution in [0.2, 0.25) is 5.02 Å². The fraction of sp³-hybridized carbons (Fsp3) is 0.350. The summed E-state index contributed by atoms with van der Waals surface area (Å²) in [6, 6.07) is 12.3. The number of nitrogens with zero attached hydrogens (tertiary/aromatic N) is 3. The van der Waals surface area contributed by atoms with Crippen molar-refractivity contribution in [1.82, 2.24) is 9.80 Å². The second kappa shape index (κ2) is 9.03. The highest BCUT2D eigenvalue weighted by atomic mass is 35.5. The quantitative estimate of drug-likeness (QED) is 0.546. The molecule has 3 rings (SSSR count). The number of amides is 1. The van der Waals surface area contributed by atoms with E-state index in [1.54, 1.807) is 17.9 Å². The monoisotopic (exact) mass is 403 g/mol. The van der Waals surface area contributed by atoms with Crippen LogP contribution in [-0.2, 0) is 11.3 Å². The number of benzene rings is 2. The third-order valence-corrected chi connectivity index (χ3v) is 5.02. The van der Waals surface area contributed by atoms with E-state index in [1.807, 2.05) is 24.3 Å². The van der Waals surface area contributed by atoms with Crippen molar-refractivity contribution >= 4 is 23.2 Å². The Hall–Kier alpha value is -2.64. The van der Waals surface area contributed by atoms with Crippen LogP contribution in [0.4, 0.5) is 5.69 Å². The van der Waals surface area contributed by atoms with Gasteiger partial charge in [0.15, 0.2) is 6.61 Å². The molecule has 0 atom stereocenters. The van der Waals surface area contributed by atoms with Gasteiger partial charge in [0, 0.05) is 49.4 Å². The van der Waals surface area contributed by atoms with Gasteiger partial charge in [0.1, 0.15) is 5.75 Å². The molecule has 0 spiro atoms. The maximum atomic E-state index is 12.4. The Kier molecular flexibility index (Phi) is 6.49. The van der Waals surface area contributed by atoms with Crippen LogP contribution in [0.1, 0.15) is 11.1 Å². The largest absolute Gasteiger partial charge is 0.484 e. The van der Waals surface area contributed by atoms with Crippen molar-refractivity contribution in [2.45, 2.75) is 13.5 Å². The minimum absolute atomic E-state index is 0.0375. The third kappa shape index (κ3) is 5.21. The number of nitro groups is 1. The molecule has 2 aromatic carbocycles. The summed E-state index contributed by atoms with van der Waals surface area (Å²) in [7, 11) is 0. The van der Waals surface area contributed by atoms with Crippen LogP contribution < -0.4 is 4.74 Å². The van der Waals surface area contributed by atoms with Gasteiger partial charge in [0.25, 0.3) is 11.6 Å². The summed E-state index contributed by atoms with van der Waals surface area (Å²) < 4.78 is 5.53. The third-order valence-electron chi connectivity index (χ3n) is 4.77. The summed E-state index contributed by atoms with van der Waals surface area (Å²) >= 11 is 5.91. The van der Waals surface area contributed by atoms with Crippen molar-refractivity contribution in [3.8, 4) is 5.75 Å². The van der Waals surface area contributed by atoms with E-state index in [0.29, 0.717) is 24.4 Å². The van der Waals surface area contributed by atoms with Gasteiger partial charge in [-0.3, -0.25) is 19.8 Å². The normalized spacial score (nSPS) is 14.7. The molecule has 1 aliphatic heterocycles. The molecule has 1 saturated heterocycles.